The number of nitrogens with zero attached hydrogens (tertiary/aromatic N) is 1. The van der Waals surface area contributed by atoms with Crippen LogP contribution in [0.4, 0.5) is 0 Å². The second kappa shape index (κ2) is 34.5. The first-order valence-corrected chi connectivity index (χ1v) is 22.4. The lowest BCUT2D eigenvalue weighted by Gasteiger charge is -2.24. The van der Waals surface area contributed by atoms with Crippen molar-refractivity contribution in [2.45, 2.75) is 193 Å². The van der Waals surface area contributed by atoms with E-state index >= 15 is 0 Å². The number of hydrogen-bond acceptors (Lipinski definition) is 7. The molecule has 0 bridgehead atoms. The predicted octanol–water partition coefficient (Wildman–Crippen LogP) is 11.4. The van der Waals surface area contributed by atoms with E-state index < -0.39 is 26.5 Å². The van der Waals surface area contributed by atoms with Crippen molar-refractivity contribution in [2.24, 2.45) is 0 Å². The van der Waals surface area contributed by atoms with Crippen LogP contribution >= 0.6 is 7.82 Å². The second-order valence-corrected chi connectivity index (χ2v) is 16.8. The van der Waals surface area contributed by atoms with Crippen LogP contribution in [0.3, 0.4) is 0 Å². The molecule has 51 heavy (non-hydrogen) atoms. The summed E-state index contributed by atoms with van der Waals surface area (Å²) in [6.07, 6.45) is 33.9. The summed E-state index contributed by atoms with van der Waals surface area (Å²) >= 11 is 0. The molecule has 0 rings (SSSR count). The molecule has 10 heteroatoms. The van der Waals surface area contributed by atoms with Gasteiger partial charge in [-0.1, -0.05) is 148 Å². The molecule has 0 aromatic carbocycles. The van der Waals surface area contributed by atoms with Gasteiger partial charge in [0.2, 0.25) is 0 Å². The number of likely N-dealkylation sites (N-methyl/N-ethyl adjacent to an activating group) is 1. The fourth-order valence-corrected chi connectivity index (χ4v) is 6.46. The van der Waals surface area contributed by atoms with Crippen LogP contribution in [0.2, 0.25) is 0 Å². The second-order valence-electron chi connectivity index (χ2n) is 15.4. The minimum absolute atomic E-state index is 0.0337. The summed E-state index contributed by atoms with van der Waals surface area (Å²) in [7, 11) is 1.48. The fourth-order valence-electron chi connectivity index (χ4n) is 5.71. The molecule has 0 radical (unpaired) electrons. The molecule has 0 aliphatic heterocycles. The molecule has 0 aliphatic carbocycles. The van der Waals surface area contributed by atoms with Gasteiger partial charge >= 0.3 is 19.8 Å². The van der Waals surface area contributed by atoms with Crippen LogP contribution in [0.25, 0.3) is 0 Å². The molecule has 0 saturated heterocycles. The molecule has 0 aromatic heterocycles. The van der Waals surface area contributed by atoms with Gasteiger partial charge in [-0.2, -0.15) is 0 Å². The standard InChI is InChI=1S/C41H80NO8P/c1-6-8-10-12-14-16-18-20-21-22-24-26-28-30-32-34-41(44)50-39(38-49-51(45,46)48-36-35-42(3,4)5)37-47-40(43)33-31-29-27-25-23-19-17-15-13-11-9-7-2/h16,18,39H,6-15,17,19-38H2,1-5H3/p+1/b18-16-/t39-/m1/s1. The van der Waals surface area contributed by atoms with Crippen LogP contribution in [-0.2, 0) is 32.7 Å². The van der Waals surface area contributed by atoms with Gasteiger partial charge in [0.25, 0.3) is 0 Å². The van der Waals surface area contributed by atoms with Crippen molar-refractivity contribution in [3.63, 3.8) is 0 Å². The fraction of sp³-hybridized carbons (Fsp3) is 0.902. The van der Waals surface area contributed by atoms with E-state index in [-0.39, 0.29) is 25.6 Å². The minimum Gasteiger partial charge on any atom is -0.462 e. The van der Waals surface area contributed by atoms with Gasteiger partial charge in [0, 0.05) is 12.8 Å². The number of rotatable bonds is 38. The van der Waals surface area contributed by atoms with Crippen LogP contribution in [0.5, 0.6) is 0 Å². The van der Waals surface area contributed by atoms with E-state index in [0.717, 1.165) is 44.9 Å². The van der Waals surface area contributed by atoms with Crippen LogP contribution in [0.15, 0.2) is 12.2 Å². The maximum Gasteiger partial charge on any atom is 0.472 e. The number of unbranched alkanes of at least 4 members (excludes halogenated alkanes) is 22. The number of allylic oxidation sites excluding steroid dienone is 2. The Morgan fingerprint density at radius 1 is 0.588 bits per heavy atom. The average Bonchev–Trinajstić information content (AvgIpc) is 3.07. The number of esters is 2. The monoisotopic (exact) mass is 747 g/mol. The van der Waals surface area contributed by atoms with Crippen LogP contribution in [0.1, 0.15) is 187 Å². The maximum atomic E-state index is 12.6. The van der Waals surface area contributed by atoms with Crippen molar-refractivity contribution in [3.8, 4) is 0 Å². The molecule has 1 N–H and O–H groups in total. The topological polar surface area (TPSA) is 108 Å². The quantitative estimate of drug-likeness (QED) is 0.0219. The van der Waals surface area contributed by atoms with Crippen LogP contribution in [0, 0.1) is 0 Å². The van der Waals surface area contributed by atoms with Gasteiger partial charge in [-0.05, 0) is 38.5 Å². The zero-order valence-electron chi connectivity index (χ0n) is 33.9. The van der Waals surface area contributed by atoms with Gasteiger partial charge in [0.15, 0.2) is 6.10 Å². The lowest BCUT2D eigenvalue weighted by Crippen LogP contribution is -2.37. The number of carbonyl (C=O) groups excluding carboxylic acids is 2. The third kappa shape index (κ3) is 38.3. The van der Waals surface area contributed by atoms with Gasteiger partial charge in [-0.25, -0.2) is 4.57 Å². The van der Waals surface area contributed by atoms with E-state index in [2.05, 4.69) is 26.0 Å². The van der Waals surface area contributed by atoms with E-state index in [1.54, 1.807) is 0 Å². The van der Waals surface area contributed by atoms with Crippen molar-refractivity contribution >= 4 is 19.8 Å². The summed E-state index contributed by atoms with van der Waals surface area (Å²) in [6.45, 7) is 4.41. The number of phosphoric ester groups is 1. The zero-order chi connectivity index (χ0) is 37.9. The zero-order valence-corrected chi connectivity index (χ0v) is 34.7. The molecule has 1 unspecified atom stereocenters. The lowest BCUT2D eigenvalue weighted by atomic mass is 10.0. The van der Waals surface area contributed by atoms with Gasteiger partial charge in [0.05, 0.1) is 27.7 Å². The van der Waals surface area contributed by atoms with Gasteiger partial charge < -0.3 is 18.9 Å². The first kappa shape index (κ1) is 49.8. The molecular formula is C41H81NO8P+. The molecule has 0 fully saturated rings. The third-order valence-electron chi connectivity index (χ3n) is 9.05. The van der Waals surface area contributed by atoms with E-state index in [0.29, 0.717) is 23.9 Å². The van der Waals surface area contributed by atoms with Crippen molar-refractivity contribution < 1.29 is 42.1 Å². The molecule has 0 spiro atoms. The van der Waals surface area contributed by atoms with Crippen molar-refractivity contribution in [1.82, 2.24) is 0 Å². The summed E-state index contributed by atoms with van der Waals surface area (Å²) in [4.78, 5) is 35.2. The number of hydrogen-bond donors (Lipinski definition) is 1. The van der Waals surface area contributed by atoms with Gasteiger partial charge in [0.1, 0.15) is 19.8 Å². The Morgan fingerprint density at radius 3 is 1.47 bits per heavy atom. The highest BCUT2D eigenvalue weighted by Crippen LogP contribution is 2.43. The molecular weight excluding hydrogens is 665 g/mol. The summed E-state index contributed by atoms with van der Waals surface area (Å²) in [5.74, 6) is -0.797. The number of phosphoric acid groups is 1. The predicted molar refractivity (Wildman–Crippen MR) is 211 cm³/mol. The average molecular weight is 747 g/mol. The van der Waals surface area contributed by atoms with E-state index in [4.69, 9.17) is 18.5 Å². The van der Waals surface area contributed by atoms with Crippen LogP contribution < -0.4 is 0 Å². The normalized spacial score (nSPS) is 13.8. The van der Waals surface area contributed by atoms with E-state index in [1.165, 1.54) is 109 Å². The summed E-state index contributed by atoms with van der Waals surface area (Å²) < 4.78 is 34.2. The van der Waals surface area contributed by atoms with Crippen molar-refractivity contribution in [2.75, 3.05) is 47.5 Å². The maximum absolute atomic E-state index is 12.6. The van der Waals surface area contributed by atoms with Crippen molar-refractivity contribution in [1.29, 1.82) is 0 Å². The molecule has 0 heterocycles. The first-order valence-electron chi connectivity index (χ1n) is 20.9. The van der Waals surface area contributed by atoms with E-state index in [9.17, 15) is 19.0 Å². The third-order valence-corrected chi connectivity index (χ3v) is 10.0. The minimum atomic E-state index is -4.37. The summed E-state index contributed by atoms with van der Waals surface area (Å²) in [5, 5.41) is 0. The summed E-state index contributed by atoms with van der Waals surface area (Å²) in [6, 6.07) is 0. The number of quaternary nitrogens is 1. The smallest absolute Gasteiger partial charge is 0.462 e. The first-order chi connectivity index (χ1) is 24.5. The number of carbonyl (C=O) groups is 2. The molecule has 9 nitrogen and oxygen atoms in total. The van der Waals surface area contributed by atoms with Crippen LogP contribution in [-0.4, -0.2) is 74.9 Å². The highest BCUT2D eigenvalue weighted by Gasteiger charge is 2.27. The lowest BCUT2D eigenvalue weighted by molar-refractivity contribution is -0.870. The molecule has 0 aromatic rings. The molecule has 0 saturated carbocycles. The van der Waals surface area contributed by atoms with Crippen molar-refractivity contribution in [3.05, 3.63) is 12.2 Å². The Bertz CT molecular complexity index is 891. The Labute approximate surface area is 314 Å². The number of ether oxygens (including phenoxy) is 2. The SMILES string of the molecule is CCCCCC/C=C\CCCCCCCCCC(=O)O[C@H](COC(=O)CCCCCCCCCCCCCC)COP(=O)(O)OCC[N+](C)(C)C. The summed E-state index contributed by atoms with van der Waals surface area (Å²) in [5.41, 5.74) is 0. The Kier molecular flexibility index (Phi) is 33.7. The molecule has 0 aliphatic rings. The largest absolute Gasteiger partial charge is 0.472 e. The highest BCUT2D eigenvalue weighted by atomic mass is 31.2. The molecule has 0 amide bonds. The van der Waals surface area contributed by atoms with E-state index in [1.807, 2.05) is 21.1 Å². The Balaban J connectivity index is 4.38. The van der Waals surface area contributed by atoms with Gasteiger partial charge in [-0.15, -0.1) is 0 Å². The van der Waals surface area contributed by atoms with Gasteiger partial charge in [-0.3, -0.25) is 18.6 Å². The molecule has 2 atom stereocenters. The highest BCUT2D eigenvalue weighted by molar-refractivity contribution is 7.47. The molecule has 302 valence electrons. The Morgan fingerprint density at radius 2 is 1.00 bits per heavy atom. The Hall–Kier alpha value is -1.25.